The molecule has 1 aromatic rings. The predicted molar refractivity (Wildman–Crippen MR) is 75.4 cm³/mol. The fraction of sp³-hybridized carbons (Fsp3) is 0.643. The zero-order valence-corrected chi connectivity index (χ0v) is 12.3. The maximum Gasteiger partial charge on any atom is 0.271 e. The van der Waals surface area contributed by atoms with Crippen LogP contribution in [0.2, 0.25) is 0 Å². The quantitative estimate of drug-likeness (QED) is 0.866. The Bertz CT molecular complexity index is 509. The van der Waals surface area contributed by atoms with Gasteiger partial charge in [0.05, 0.1) is 0 Å². The van der Waals surface area contributed by atoms with E-state index in [2.05, 4.69) is 15.3 Å². The van der Waals surface area contributed by atoms with Gasteiger partial charge in [-0.1, -0.05) is 0 Å². The van der Waals surface area contributed by atoms with Gasteiger partial charge < -0.3 is 15.2 Å². The van der Waals surface area contributed by atoms with Crippen molar-refractivity contribution < 1.29 is 9.59 Å². The summed E-state index contributed by atoms with van der Waals surface area (Å²) < 4.78 is 0. The number of carbonyl (C=O) groups is 2. The number of imidazole rings is 1. The summed E-state index contributed by atoms with van der Waals surface area (Å²) in [7, 11) is 0. The number of hydrogen-bond donors (Lipinski definition) is 2. The van der Waals surface area contributed by atoms with Crippen molar-refractivity contribution >= 4 is 11.8 Å². The normalized spacial score (nSPS) is 18.9. The number of aromatic nitrogens is 2. The Morgan fingerprint density at radius 3 is 2.80 bits per heavy atom. The molecule has 20 heavy (non-hydrogen) atoms. The summed E-state index contributed by atoms with van der Waals surface area (Å²) >= 11 is 0. The zero-order chi connectivity index (χ0) is 14.7. The van der Waals surface area contributed by atoms with E-state index in [0.717, 1.165) is 37.4 Å². The van der Waals surface area contributed by atoms with Gasteiger partial charge in [-0.2, -0.15) is 0 Å². The molecule has 2 N–H and O–H groups in total. The molecule has 6 heteroatoms. The van der Waals surface area contributed by atoms with Gasteiger partial charge in [-0.3, -0.25) is 9.59 Å². The van der Waals surface area contributed by atoms with Crippen LogP contribution in [-0.4, -0.2) is 46.3 Å². The Hall–Kier alpha value is -1.85. The number of likely N-dealkylation sites (tertiary alicyclic amines) is 1. The van der Waals surface area contributed by atoms with Crippen LogP contribution in [0.5, 0.6) is 0 Å². The molecule has 1 aliphatic heterocycles. The van der Waals surface area contributed by atoms with E-state index in [1.54, 1.807) is 6.92 Å². The summed E-state index contributed by atoms with van der Waals surface area (Å²) in [4.78, 5) is 32.5. The number of nitrogens with zero attached hydrogens (tertiary/aromatic N) is 2. The Labute approximate surface area is 119 Å². The number of amides is 2. The van der Waals surface area contributed by atoms with Crippen molar-refractivity contribution in [1.82, 2.24) is 20.2 Å². The average Bonchev–Trinajstić information content (AvgIpc) is 2.75. The first-order valence-electron chi connectivity index (χ1n) is 7.04. The molecule has 0 aliphatic carbocycles. The van der Waals surface area contributed by atoms with Gasteiger partial charge in [0, 0.05) is 32.3 Å². The van der Waals surface area contributed by atoms with Crippen molar-refractivity contribution in [3.63, 3.8) is 0 Å². The third kappa shape index (κ3) is 3.37. The maximum atomic E-state index is 12.1. The Morgan fingerprint density at radius 2 is 2.20 bits per heavy atom. The third-order valence-electron chi connectivity index (χ3n) is 3.73. The average molecular weight is 278 g/mol. The van der Waals surface area contributed by atoms with Gasteiger partial charge in [0.25, 0.3) is 5.91 Å². The molecule has 1 fully saturated rings. The number of aryl methyl sites for hydroxylation is 2. The monoisotopic (exact) mass is 278 g/mol. The molecule has 0 spiro atoms. The van der Waals surface area contributed by atoms with E-state index < -0.39 is 0 Å². The summed E-state index contributed by atoms with van der Waals surface area (Å²) in [5, 5.41) is 2.92. The minimum absolute atomic E-state index is 0.111. The van der Waals surface area contributed by atoms with Crippen LogP contribution in [0.25, 0.3) is 0 Å². The van der Waals surface area contributed by atoms with Crippen LogP contribution in [0.4, 0.5) is 0 Å². The molecule has 1 atom stereocenters. The lowest BCUT2D eigenvalue weighted by atomic mass is 9.98. The van der Waals surface area contributed by atoms with E-state index in [4.69, 9.17) is 0 Å². The van der Waals surface area contributed by atoms with Crippen LogP contribution < -0.4 is 5.32 Å². The summed E-state index contributed by atoms with van der Waals surface area (Å²) in [5.74, 6) is 1.04. The van der Waals surface area contributed by atoms with Gasteiger partial charge in [0.2, 0.25) is 5.91 Å². The van der Waals surface area contributed by atoms with Gasteiger partial charge in [-0.05, 0) is 32.6 Å². The number of piperidine rings is 1. The SMILES string of the molecule is CC(=O)N1CCCC(CNC(=O)c2nc(C)[nH]c2C)C1. The van der Waals surface area contributed by atoms with Crippen molar-refractivity contribution in [2.75, 3.05) is 19.6 Å². The number of nitrogens with one attached hydrogen (secondary N) is 2. The van der Waals surface area contributed by atoms with Crippen molar-refractivity contribution in [3.8, 4) is 0 Å². The second kappa shape index (κ2) is 6.07. The van der Waals surface area contributed by atoms with Gasteiger partial charge in [-0.25, -0.2) is 4.98 Å². The molecule has 0 bridgehead atoms. The molecule has 0 saturated carbocycles. The molecule has 1 saturated heterocycles. The van der Waals surface area contributed by atoms with Gasteiger partial charge >= 0.3 is 0 Å². The van der Waals surface area contributed by atoms with E-state index in [9.17, 15) is 9.59 Å². The van der Waals surface area contributed by atoms with Crippen LogP contribution in [0.3, 0.4) is 0 Å². The molecule has 1 aliphatic rings. The van der Waals surface area contributed by atoms with Crippen LogP contribution in [0.1, 0.15) is 41.8 Å². The van der Waals surface area contributed by atoms with Gasteiger partial charge in [-0.15, -0.1) is 0 Å². The first kappa shape index (κ1) is 14.6. The highest BCUT2D eigenvalue weighted by Crippen LogP contribution is 2.16. The first-order valence-corrected chi connectivity index (χ1v) is 7.04. The lowest BCUT2D eigenvalue weighted by molar-refractivity contribution is -0.130. The van der Waals surface area contributed by atoms with E-state index in [1.165, 1.54) is 0 Å². The second-order valence-electron chi connectivity index (χ2n) is 5.48. The summed E-state index contributed by atoms with van der Waals surface area (Å²) in [6.07, 6.45) is 2.04. The molecule has 1 aromatic heterocycles. The molecule has 2 heterocycles. The Kier molecular flexibility index (Phi) is 4.42. The van der Waals surface area contributed by atoms with Crippen molar-refractivity contribution in [2.45, 2.75) is 33.6 Å². The predicted octanol–water partition coefficient (Wildman–Crippen LogP) is 1.01. The second-order valence-corrected chi connectivity index (χ2v) is 5.48. The number of rotatable bonds is 3. The van der Waals surface area contributed by atoms with E-state index >= 15 is 0 Å². The molecule has 0 aromatic carbocycles. The van der Waals surface area contributed by atoms with Crippen LogP contribution in [-0.2, 0) is 4.79 Å². The topological polar surface area (TPSA) is 78.1 Å². The molecule has 0 radical (unpaired) electrons. The first-order chi connectivity index (χ1) is 9.47. The van der Waals surface area contributed by atoms with Gasteiger partial charge in [0.1, 0.15) is 11.5 Å². The highest BCUT2D eigenvalue weighted by molar-refractivity contribution is 5.93. The Balaban J connectivity index is 1.87. The smallest absolute Gasteiger partial charge is 0.271 e. The third-order valence-corrected chi connectivity index (χ3v) is 3.73. The highest BCUT2D eigenvalue weighted by Gasteiger charge is 2.22. The fourth-order valence-electron chi connectivity index (χ4n) is 2.67. The van der Waals surface area contributed by atoms with Gasteiger partial charge in [0.15, 0.2) is 0 Å². The molecule has 110 valence electrons. The van der Waals surface area contributed by atoms with E-state index in [0.29, 0.717) is 18.2 Å². The van der Waals surface area contributed by atoms with E-state index in [-0.39, 0.29) is 11.8 Å². The number of aromatic amines is 1. The van der Waals surface area contributed by atoms with Crippen LogP contribution >= 0.6 is 0 Å². The fourth-order valence-corrected chi connectivity index (χ4v) is 2.67. The number of H-pyrrole nitrogens is 1. The van der Waals surface area contributed by atoms with Crippen molar-refractivity contribution in [3.05, 3.63) is 17.2 Å². The zero-order valence-electron chi connectivity index (χ0n) is 12.3. The van der Waals surface area contributed by atoms with Crippen LogP contribution in [0, 0.1) is 19.8 Å². The molecule has 2 rings (SSSR count). The van der Waals surface area contributed by atoms with Crippen LogP contribution in [0.15, 0.2) is 0 Å². The minimum Gasteiger partial charge on any atom is -0.350 e. The Morgan fingerprint density at radius 1 is 1.45 bits per heavy atom. The molecule has 2 amide bonds. The number of hydrogen-bond acceptors (Lipinski definition) is 3. The lowest BCUT2D eigenvalue weighted by Gasteiger charge is -2.32. The minimum atomic E-state index is -0.146. The summed E-state index contributed by atoms with van der Waals surface area (Å²) in [6.45, 7) is 7.42. The standard InChI is InChI=1S/C14H22N4O2/c1-9-13(17-10(2)16-9)14(20)15-7-12-5-4-6-18(8-12)11(3)19/h12H,4-8H2,1-3H3,(H,15,20)(H,16,17). The largest absolute Gasteiger partial charge is 0.350 e. The van der Waals surface area contributed by atoms with Crippen molar-refractivity contribution in [1.29, 1.82) is 0 Å². The number of carbonyl (C=O) groups excluding carboxylic acids is 2. The maximum absolute atomic E-state index is 12.1. The molecular weight excluding hydrogens is 256 g/mol. The summed E-state index contributed by atoms with van der Waals surface area (Å²) in [5.41, 5.74) is 1.25. The van der Waals surface area contributed by atoms with Crippen molar-refractivity contribution in [2.24, 2.45) is 5.92 Å². The molecule has 1 unspecified atom stereocenters. The molecular formula is C14H22N4O2. The molecule has 6 nitrogen and oxygen atoms in total. The van der Waals surface area contributed by atoms with E-state index in [1.807, 2.05) is 18.7 Å². The summed E-state index contributed by atoms with van der Waals surface area (Å²) in [6, 6.07) is 0. The lowest BCUT2D eigenvalue weighted by Crippen LogP contribution is -2.42. The highest BCUT2D eigenvalue weighted by atomic mass is 16.2.